The predicted octanol–water partition coefficient (Wildman–Crippen LogP) is 1.35. The molecule has 0 spiro atoms. The van der Waals surface area contributed by atoms with Gasteiger partial charge in [0, 0.05) is 22.8 Å². The van der Waals surface area contributed by atoms with Crippen molar-refractivity contribution in [2.45, 2.75) is 11.4 Å². The van der Waals surface area contributed by atoms with E-state index in [1.54, 1.807) is 6.20 Å². The minimum Gasteiger partial charge on any atom is -0.478 e. The van der Waals surface area contributed by atoms with Gasteiger partial charge in [-0.05, 0) is 34.1 Å². The van der Waals surface area contributed by atoms with Gasteiger partial charge in [-0.25, -0.2) is 17.9 Å². The SMILES string of the molecule is O=C(O)c1ccc(S(=O)(=O)NCc2cn[nH]c2)c(Br)c1. The highest BCUT2D eigenvalue weighted by Gasteiger charge is 2.18. The van der Waals surface area contributed by atoms with Gasteiger partial charge in [-0.2, -0.15) is 5.10 Å². The number of carbonyl (C=O) groups is 1. The molecule has 1 aromatic heterocycles. The van der Waals surface area contributed by atoms with Crippen LogP contribution in [-0.2, 0) is 16.6 Å². The Bertz CT molecular complexity index is 728. The predicted molar refractivity (Wildman–Crippen MR) is 73.7 cm³/mol. The molecule has 0 aliphatic carbocycles. The Hall–Kier alpha value is -1.71. The average Bonchev–Trinajstić information content (AvgIpc) is 2.89. The number of halogens is 1. The third kappa shape index (κ3) is 3.24. The number of sulfonamides is 1. The molecular formula is C11H10BrN3O4S. The largest absolute Gasteiger partial charge is 0.478 e. The minimum atomic E-state index is -3.74. The Morgan fingerprint density at radius 3 is 2.75 bits per heavy atom. The molecule has 0 amide bonds. The third-order valence-electron chi connectivity index (χ3n) is 2.49. The molecule has 0 saturated carbocycles. The first-order chi connectivity index (χ1) is 9.40. The summed E-state index contributed by atoms with van der Waals surface area (Å²) in [4.78, 5) is 10.8. The molecule has 0 atom stereocenters. The Kier molecular flexibility index (Phi) is 4.21. The molecule has 0 bridgehead atoms. The number of nitrogens with zero attached hydrogens (tertiary/aromatic N) is 1. The van der Waals surface area contributed by atoms with Gasteiger partial charge >= 0.3 is 5.97 Å². The summed E-state index contributed by atoms with van der Waals surface area (Å²) < 4.78 is 26.8. The molecule has 0 radical (unpaired) electrons. The molecule has 2 rings (SSSR count). The zero-order valence-corrected chi connectivity index (χ0v) is 12.4. The molecule has 2 aromatic rings. The first-order valence-electron chi connectivity index (χ1n) is 5.40. The molecule has 0 saturated heterocycles. The minimum absolute atomic E-state index is 0.00524. The van der Waals surface area contributed by atoms with E-state index in [0.717, 1.165) is 0 Å². The van der Waals surface area contributed by atoms with Crippen LogP contribution in [0.2, 0.25) is 0 Å². The lowest BCUT2D eigenvalue weighted by Gasteiger charge is -2.08. The van der Waals surface area contributed by atoms with E-state index >= 15 is 0 Å². The summed E-state index contributed by atoms with van der Waals surface area (Å²) in [5, 5.41) is 15.1. The summed E-state index contributed by atoms with van der Waals surface area (Å²) in [6.07, 6.45) is 3.08. The third-order valence-corrected chi connectivity index (χ3v) is 4.87. The zero-order chi connectivity index (χ0) is 14.8. The van der Waals surface area contributed by atoms with Crippen molar-refractivity contribution in [1.82, 2.24) is 14.9 Å². The fourth-order valence-corrected chi connectivity index (χ4v) is 3.58. The number of aromatic carboxylic acids is 1. The second-order valence-corrected chi connectivity index (χ2v) is 6.47. The number of aromatic nitrogens is 2. The molecular weight excluding hydrogens is 350 g/mol. The number of hydrogen-bond donors (Lipinski definition) is 3. The maximum absolute atomic E-state index is 12.1. The quantitative estimate of drug-likeness (QED) is 0.745. The van der Waals surface area contributed by atoms with Gasteiger partial charge in [0.25, 0.3) is 0 Å². The van der Waals surface area contributed by atoms with E-state index in [0.29, 0.717) is 5.56 Å². The molecule has 7 nitrogen and oxygen atoms in total. The second kappa shape index (κ2) is 5.73. The van der Waals surface area contributed by atoms with Gasteiger partial charge in [-0.3, -0.25) is 5.10 Å². The molecule has 106 valence electrons. The number of carboxylic acids is 1. The van der Waals surface area contributed by atoms with Gasteiger partial charge in [0.2, 0.25) is 10.0 Å². The number of nitrogens with one attached hydrogen (secondary N) is 2. The highest BCUT2D eigenvalue weighted by Crippen LogP contribution is 2.23. The van der Waals surface area contributed by atoms with E-state index in [1.807, 2.05) is 0 Å². The van der Waals surface area contributed by atoms with Gasteiger partial charge in [-0.15, -0.1) is 0 Å². The second-order valence-electron chi connectivity index (χ2n) is 3.88. The molecule has 9 heteroatoms. The molecule has 1 heterocycles. The molecule has 0 aliphatic rings. The summed E-state index contributed by atoms with van der Waals surface area (Å²) in [6, 6.07) is 3.72. The van der Waals surface area contributed by atoms with E-state index in [1.165, 1.54) is 24.4 Å². The van der Waals surface area contributed by atoms with Crippen LogP contribution >= 0.6 is 15.9 Å². The molecule has 0 fully saturated rings. The van der Waals surface area contributed by atoms with Crippen LogP contribution in [-0.4, -0.2) is 29.7 Å². The van der Waals surface area contributed by atoms with E-state index in [9.17, 15) is 13.2 Å². The van der Waals surface area contributed by atoms with Crippen LogP contribution in [0.25, 0.3) is 0 Å². The summed E-state index contributed by atoms with van der Waals surface area (Å²) >= 11 is 3.07. The standard InChI is InChI=1S/C11H10BrN3O4S/c12-9-3-8(11(16)17)1-2-10(9)20(18,19)15-6-7-4-13-14-5-7/h1-5,15H,6H2,(H,13,14)(H,16,17). The summed E-state index contributed by atoms with van der Waals surface area (Å²) in [6.45, 7) is 0.0892. The zero-order valence-electron chi connectivity index (χ0n) is 10.00. The van der Waals surface area contributed by atoms with E-state index in [-0.39, 0.29) is 21.5 Å². The topological polar surface area (TPSA) is 112 Å². The summed E-state index contributed by atoms with van der Waals surface area (Å²) in [5.41, 5.74) is 0.692. The van der Waals surface area contributed by atoms with E-state index in [2.05, 4.69) is 30.8 Å². The highest BCUT2D eigenvalue weighted by atomic mass is 79.9. The Morgan fingerprint density at radius 2 is 2.20 bits per heavy atom. The Balaban J connectivity index is 2.23. The van der Waals surface area contributed by atoms with E-state index in [4.69, 9.17) is 5.11 Å². The highest BCUT2D eigenvalue weighted by molar-refractivity contribution is 9.10. The van der Waals surface area contributed by atoms with Crippen molar-refractivity contribution >= 4 is 31.9 Å². The Morgan fingerprint density at radius 1 is 1.45 bits per heavy atom. The van der Waals surface area contributed by atoms with Crippen LogP contribution in [0.4, 0.5) is 0 Å². The van der Waals surface area contributed by atoms with Gasteiger partial charge in [0.15, 0.2) is 0 Å². The van der Waals surface area contributed by atoms with Crippen LogP contribution in [0.3, 0.4) is 0 Å². The number of hydrogen-bond acceptors (Lipinski definition) is 4. The number of carboxylic acid groups (broad SMARTS) is 1. The van der Waals surface area contributed by atoms with Crippen LogP contribution in [0.1, 0.15) is 15.9 Å². The first kappa shape index (κ1) is 14.7. The van der Waals surface area contributed by atoms with Crippen molar-refractivity contribution < 1.29 is 18.3 Å². The van der Waals surface area contributed by atoms with Crippen LogP contribution < -0.4 is 4.72 Å². The Labute approximate surface area is 123 Å². The summed E-state index contributed by atoms with van der Waals surface area (Å²) in [5.74, 6) is -1.12. The number of rotatable bonds is 5. The maximum Gasteiger partial charge on any atom is 0.335 e. The van der Waals surface area contributed by atoms with Crippen molar-refractivity contribution in [2.75, 3.05) is 0 Å². The van der Waals surface area contributed by atoms with Gasteiger partial charge in [-0.1, -0.05) is 0 Å². The fraction of sp³-hybridized carbons (Fsp3) is 0.0909. The average molecular weight is 360 g/mol. The van der Waals surface area contributed by atoms with Crippen LogP contribution in [0, 0.1) is 0 Å². The molecule has 0 unspecified atom stereocenters. The van der Waals surface area contributed by atoms with Crippen molar-refractivity contribution in [3.63, 3.8) is 0 Å². The molecule has 0 aliphatic heterocycles. The lowest BCUT2D eigenvalue weighted by Crippen LogP contribution is -2.23. The number of aromatic amines is 1. The lowest BCUT2D eigenvalue weighted by atomic mass is 10.2. The van der Waals surface area contributed by atoms with Gasteiger partial charge < -0.3 is 5.11 Å². The van der Waals surface area contributed by atoms with Crippen molar-refractivity contribution in [1.29, 1.82) is 0 Å². The normalized spacial score (nSPS) is 11.4. The van der Waals surface area contributed by atoms with Gasteiger partial charge in [0.05, 0.1) is 16.7 Å². The van der Waals surface area contributed by atoms with Crippen LogP contribution in [0.5, 0.6) is 0 Å². The van der Waals surface area contributed by atoms with Crippen molar-refractivity contribution in [3.8, 4) is 0 Å². The molecule has 20 heavy (non-hydrogen) atoms. The monoisotopic (exact) mass is 359 g/mol. The summed E-state index contributed by atoms with van der Waals surface area (Å²) in [7, 11) is -3.74. The number of benzene rings is 1. The van der Waals surface area contributed by atoms with Crippen LogP contribution in [0.15, 0.2) is 40.0 Å². The lowest BCUT2D eigenvalue weighted by molar-refractivity contribution is 0.0696. The van der Waals surface area contributed by atoms with Crippen molar-refractivity contribution in [3.05, 3.63) is 46.2 Å². The molecule has 1 aromatic carbocycles. The first-order valence-corrected chi connectivity index (χ1v) is 7.68. The van der Waals surface area contributed by atoms with E-state index < -0.39 is 16.0 Å². The van der Waals surface area contributed by atoms with Gasteiger partial charge in [0.1, 0.15) is 0 Å². The smallest absolute Gasteiger partial charge is 0.335 e. The molecule has 3 N–H and O–H groups in total. The fourth-order valence-electron chi connectivity index (χ4n) is 1.48. The van der Waals surface area contributed by atoms with Crippen molar-refractivity contribution in [2.24, 2.45) is 0 Å². The number of H-pyrrole nitrogens is 1. The maximum atomic E-state index is 12.1.